The van der Waals surface area contributed by atoms with Gasteiger partial charge in [0, 0.05) is 28.8 Å². The minimum absolute atomic E-state index is 0.0654. The van der Waals surface area contributed by atoms with Crippen molar-refractivity contribution in [2.45, 2.75) is 12.5 Å². The maximum Gasteiger partial charge on any atom is 0.237 e. The van der Waals surface area contributed by atoms with E-state index < -0.39 is 6.04 Å². The molecule has 1 atom stereocenters. The van der Waals surface area contributed by atoms with Crippen LogP contribution in [0.4, 0.5) is 5.69 Å². The molecule has 1 heterocycles. The zero-order valence-corrected chi connectivity index (χ0v) is 11.5. The van der Waals surface area contributed by atoms with Crippen LogP contribution in [0.15, 0.2) is 18.2 Å². The molecule has 1 unspecified atom stereocenters. The average Bonchev–Trinajstić information content (AvgIpc) is 2.30. The standard InChI is InChI=1S/C12H13Cl2N3O2/c13-7-3-8(14)5-9(4-7)17-11(18)6-10-12(19)16-2-1-15-10/h3-5,10,15H,1-2,6H2,(H,16,19)(H,17,18). The Hall–Kier alpha value is -1.30. The van der Waals surface area contributed by atoms with E-state index in [1.54, 1.807) is 18.2 Å². The van der Waals surface area contributed by atoms with Crippen molar-refractivity contribution in [1.82, 2.24) is 10.6 Å². The van der Waals surface area contributed by atoms with E-state index in [0.29, 0.717) is 28.8 Å². The second-order valence-corrected chi connectivity index (χ2v) is 5.08. The van der Waals surface area contributed by atoms with Crippen molar-refractivity contribution in [2.75, 3.05) is 18.4 Å². The van der Waals surface area contributed by atoms with Gasteiger partial charge in [-0.2, -0.15) is 0 Å². The molecular formula is C12H13Cl2N3O2. The third-order valence-corrected chi connectivity index (χ3v) is 3.10. The van der Waals surface area contributed by atoms with Crippen molar-refractivity contribution in [3.8, 4) is 0 Å². The van der Waals surface area contributed by atoms with Crippen LogP contribution in [0, 0.1) is 0 Å². The lowest BCUT2D eigenvalue weighted by Gasteiger charge is -2.22. The van der Waals surface area contributed by atoms with E-state index in [2.05, 4.69) is 16.0 Å². The Morgan fingerprint density at radius 3 is 2.58 bits per heavy atom. The normalized spacial score (nSPS) is 18.8. The fourth-order valence-electron chi connectivity index (χ4n) is 1.84. The molecule has 19 heavy (non-hydrogen) atoms. The van der Waals surface area contributed by atoms with Crippen molar-refractivity contribution >= 4 is 40.7 Å². The van der Waals surface area contributed by atoms with Gasteiger partial charge in [0.05, 0.1) is 12.5 Å². The monoisotopic (exact) mass is 301 g/mol. The lowest BCUT2D eigenvalue weighted by molar-refractivity contribution is -0.127. The van der Waals surface area contributed by atoms with Crippen LogP contribution in [0.2, 0.25) is 10.0 Å². The van der Waals surface area contributed by atoms with E-state index in [1.807, 2.05) is 0 Å². The maximum absolute atomic E-state index is 11.8. The van der Waals surface area contributed by atoms with Crippen LogP contribution in [-0.4, -0.2) is 30.9 Å². The number of amides is 2. The van der Waals surface area contributed by atoms with Gasteiger partial charge >= 0.3 is 0 Å². The summed E-state index contributed by atoms with van der Waals surface area (Å²) in [5, 5.41) is 9.22. The number of carbonyl (C=O) groups excluding carboxylic acids is 2. The first-order chi connectivity index (χ1) is 9.04. The number of piperazine rings is 1. The molecule has 0 aliphatic carbocycles. The van der Waals surface area contributed by atoms with Gasteiger partial charge in [-0.25, -0.2) is 0 Å². The fourth-order valence-corrected chi connectivity index (χ4v) is 2.36. The van der Waals surface area contributed by atoms with E-state index in [4.69, 9.17) is 23.2 Å². The number of hydrogen-bond acceptors (Lipinski definition) is 3. The van der Waals surface area contributed by atoms with E-state index >= 15 is 0 Å². The zero-order chi connectivity index (χ0) is 13.8. The van der Waals surface area contributed by atoms with Gasteiger partial charge in [0.15, 0.2) is 0 Å². The van der Waals surface area contributed by atoms with Gasteiger partial charge in [-0.1, -0.05) is 23.2 Å². The highest BCUT2D eigenvalue weighted by Gasteiger charge is 2.24. The largest absolute Gasteiger partial charge is 0.353 e. The SMILES string of the molecule is O=C(CC1NCCNC1=O)Nc1cc(Cl)cc(Cl)c1. The molecule has 0 radical (unpaired) electrons. The van der Waals surface area contributed by atoms with Gasteiger partial charge in [0.1, 0.15) is 0 Å². The smallest absolute Gasteiger partial charge is 0.237 e. The van der Waals surface area contributed by atoms with Crippen molar-refractivity contribution in [2.24, 2.45) is 0 Å². The Kier molecular flexibility index (Phi) is 4.63. The first-order valence-electron chi connectivity index (χ1n) is 5.81. The van der Waals surface area contributed by atoms with Gasteiger partial charge in [0.2, 0.25) is 11.8 Å². The molecule has 1 aliphatic heterocycles. The molecule has 7 heteroatoms. The minimum atomic E-state index is -0.497. The summed E-state index contributed by atoms with van der Waals surface area (Å²) >= 11 is 11.7. The Bertz CT molecular complexity index is 487. The topological polar surface area (TPSA) is 70.2 Å². The molecule has 1 aliphatic rings. The molecule has 1 aromatic rings. The summed E-state index contributed by atoms with van der Waals surface area (Å²) in [5.41, 5.74) is 0.513. The Morgan fingerprint density at radius 2 is 1.95 bits per heavy atom. The highest BCUT2D eigenvalue weighted by molar-refractivity contribution is 6.35. The summed E-state index contributed by atoms with van der Waals surface area (Å²) in [5.74, 6) is -0.432. The van der Waals surface area contributed by atoms with Crippen LogP contribution in [0.5, 0.6) is 0 Å². The molecule has 0 saturated carbocycles. The first-order valence-corrected chi connectivity index (χ1v) is 6.57. The van der Waals surface area contributed by atoms with Crippen LogP contribution in [0.1, 0.15) is 6.42 Å². The van der Waals surface area contributed by atoms with Crippen LogP contribution < -0.4 is 16.0 Å². The van der Waals surface area contributed by atoms with Gasteiger partial charge in [0.25, 0.3) is 0 Å². The molecule has 1 fully saturated rings. The molecule has 1 saturated heterocycles. The predicted molar refractivity (Wildman–Crippen MR) is 74.5 cm³/mol. The number of benzene rings is 1. The van der Waals surface area contributed by atoms with Gasteiger partial charge in [-0.05, 0) is 18.2 Å². The van der Waals surface area contributed by atoms with Crippen molar-refractivity contribution < 1.29 is 9.59 Å². The highest BCUT2D eigenvalue weighted by atomic mass is 35.5. The maximum atomic E-state index is 11.8. The molecule has 1 aromatic carbocycles. The molecular weight excluding hydrogens is 289 g/mol. The molecule has 0 spiro atoms. The van der Waals surface area contributed by atoms with Crippen LogP contribution in [-0.2, 0) is 9.59 Å². The predicted octanol–water partition coefficient (Wildman–Crippen LogP) is 1.41. The van der Waals surface area contributed by atoms with Gasteiger partial charge in [-0.3, -0.25) is 9.59 Å². The van der Waals surface area contributed by atoms with E-state index in [9.17, 15) is 9.59 Å². The van der Waals surface area contributed by atoms with Gasteiger partial charge in [-0.15, -0.1) is 0 Å². The molecule has 2 amide bonds. The molecule has 0 aromatic heterocycles. The van der Waals surface area contributed by atoms with E-state index in [0.717, 1.165) is 0 Å². The van der Waals surface area contributed by atoms with Crippen LogP contribution in [0.25, 0.3) is 0 Å². The van der Waals surface area contributed by atoms with E-state index in [1.165, 1.54) is 0 Å². The Balaban J connectivity index is 1.95. The third kappa shape index (κ3) is 4.09. The molecule has 0 bridgehead atoms. The second kappa shape index (κ2) is 6.23. The summed E-state index contributed by atoms with van der Waals surface area (Å²) in [6, 6.07) is 4.28. The quantitative estimate of drug-likeness (QED) is 0.790. The molecule has 2 rings (SSSR count). The number of nitrogens with one attached hydrogen (secondary N) is 3. The lowest BCUT2D eigenvalue weighted by atomic mass is 10.1. The fraction of sp³-hybridized carbons (Fsp3) is 0.333. The average molecular weight is 302 g/mol. The molecule has 5 nitrogen and oxygen atoms in total. The van der Waals surface area contributed by atoms with Gasteiger partial charge < -0.3 is 16.0 Å². The third-order valence-electron chi connectivity index (χ3n) is 2.67. The summed E-state index contributed by atoms with van der Waals surface area (Å²) in [4.78, 5) is 23.3. The van der Waals surface area contributed by atoms with Crippen molar-refractivity contribution in [1.29, 1.82) is 0 Å². The minimum Gasteiger partial charge on any atom is -0.353 e. The highest BCUT2D eigenvalue weighted by Crippen LogP contribution is 2.22. The lowest BCUT2D eigenvalue weighted by Crippen LogP contribution is -2.53. The number of carbonyl (C=O) groups is 2. The van der Waals surface area contributed by atoms with Crippen LogP contribution >= 0.6 is 23.2 Å². The zero-order valence-electron chi connectivity index (χ0n) is 10.0. The second-order valence-electron chi connectivity index (χ2n) is 4.21. The molecule has 102 valence electrons. The number of hydrogen-bond donors (Lipinski definition) is 3. The summed E-state index contributed by atoms with van der Waals surface area (Å²) in [6.45, 7) is 1.24. The Labute approximate surface area is 120 Å². The summed E-state index contributed by atoms with van der Waals surface area (Å²) in [7, 11) is 0. The van der Waals surface area contributed by atoms with Crippen LogP contribution in [0.3, 0.4) is 0 Å². The van der Waals surface area contributed by atoms with Crippen molar-refractivity contribution in [3.63, 3.8) is 0 Å². The Morgan fingerprint density at radius 1 is 1.26 bits per heavy atom. The number of halogens is 2. The van der Waals surface area contributed by atoms with E-state index in [-0.39, 0.29) is 18.2 Å². The number of rotatable bonds is 3. The first kappa shape index (κ1) is 14.1. The summed E-state index contributed by atoms with van der Waals surface area (Å²) < 4.78 is 0. The summed E-state index contributed by atoms with van der Waals surface area (Å²) in [6.07, 6.45) is 0.0654. The number of anilines is 1. The molecule has 3 N–H and O–H groups in total. The van der Waals surface area contributed by atoms with Crippen molar-refractivity contribution in [3.05, 3.63) is 28.2 Å².